The number of hydrogen-bond donors (Lipinski definition) is 0. The van der Waals surface area contributed by atoms with Crippen LogP contribution in [-0.2, 0) is 9.59 Å². The molecule has 8 nitrogen and oxygen atoms in total. The molecular weight excluding hydrogens is 408 g/mol. The zero-order valence-corrected chi connectivity index (χ0v) is 17.5. The van der Waals surface area contributed by atoms with Gasteiger partial charge in [-0.3, -0.25) is 14.4 Å². The molecule has 0 bridgehead atoms. The summed E-state index contributed by atoms with van der Waals surface area (Å²) in [6, 6.07) is 7.15. The number of nitrogens with zero attached hydrogens (tertiary/aromatic N) is 4. The van der Waals surface area contributed by atoms with Crippen LogP contribution in [0.4, 0.5) is 0 Å². The fourth-order valence-electron chi connectivity index (χ4n) is 3.92. The van der Waals surface area contributed by atoms with Gasteiger partial charge in [-0.1, -0.05) is 35.0 Å². The molecule has 0 radical (unpaired) electrons. The molecule has 2 fully saturated rings. The standard InChI is InChI=1S/C21H23ClN4O4/c1-14-17(18(23-30-14)15-6-2-3-7-16(15)22)19(27)25-10-12-26(13-11-25)21(29)20(28)24-8-4-5-9-24/h2-3,6-7H,4-5,8-13H2,1H3. The molecule has 2 aliphatic heterocycles. The maximum atomic E-state index is 13.2. The van der Waals surface area contributed by atoms with Crippen molar-refractivity contribution in [2.75, 3.05) is 39.3 Å². The third kappa shape index (κ3) is 3.79. The van der Waals surface area contributed by atoms with Gasteiger partial charge >= 0.3 is 11.8 Å². The lowest BCUT2D eigenvalue weighted by Crippen LogP contribution is -2.54. The average molecular weight is 431 g/mol. The molecule has 158 valence electrons. The highest BCUT2D eigenvalue weighted by Gasteiger charge is 2.33. The van der Waals surface area contributed by atoms with Gasteiger partial charge in [-0.15, -0.1) is 0 Å². The SMILES string of the molecule is Cc1onc(-c2ccccc2Cl)c1C(=O)N1CCN(C(=O)C(=O)N2CCCC2)CC1. The Balaban J connectivity index is 1.45. The molecule has 2 aliphatic rings. The lowest BCUT2D eigenvalue weighted by molar-refractivity contribution is -0.152. The highest BCUT2D eigenvalue weighted by molar-refractivity contribution is 6.35. The number of amides is 3. The van der Waals surface area contributed by atoms with Crippen LogP contribution in [0.25, 0.3) is 11.3 Å². The summed E-state index contributed by atoms with van der Waals surface area (Å²) in [5.74, 6) is -0.732. The minimum Gasteiger partial charge on any atom is -0.360 e. The van der Waals surface area contributed by atoms with Crippen molar-refractivity contribution in [2.24, 2.45) is 0 Å². The van der Waals surface area contributed by atoms with Gasteiger partial charge < -0.3 is 19.2 Å². The Hall–Kier alpha value is -2.87. The second kappa shape index (κ2) is 8.47. The van der Waals surface area contributed by atoms with Gasteiger partial charge in [0.2, 0.25) is 0 Å². The lowest BCUT2D eigenvalue weighted by atomic mass is 10.0. The highest BCUT2D eigenvalue weighted by atomic mass is 35.5. The van der Waals surface area contributed by atoms with E-state index in [1.54, 1.807) is 34.9 Å². The van der Waals surface area contributed by atoms with Crippen molar-refractivity contribution in [1.82, 2.24) is 19.9 Å². The first-order chi connectivity index (χ1) is 14.5. The summed E-state index contributed by atoms with van der Waals surface area (Å²) < 4.78 is 5.29. The minimum atomic E-state index is -0.484. The maximum Gasteiger partial charge on any atom is 0.312 e. The first kappa shape index (κ1) is 20.4. The fraction of sp³-hybridized carbons (Fsp3) is 0.429. The van der Waals surface area contributed by atoms with Crippen LogP contribution < -0.4 is 0 Å². The van der Waals surface area contributed by atoms with Crippen LogP contribution in [0.5, 0.6) is 0 Å². The van der Waals surface area contributed by atoms with Gasteiger partial charge in [-0.05, 0) is 25.8 Å². The summed E-state index contributed by atoms with van der Waals surface area (Å²) in [5.41, 5.74) is 1.41. The van der Waals surface area contributed by atoms with Gasteiger partial charge in [-0.2, -0.15) is 0 Å². The summed E-state index contributed by atoms with van der Waals surface area (Å²) in [6.07, 6.45) is 1.88. The summed E-state index contributed by atoms with van der Waals surface area (Å²) in [6.45, 7) is 4.27. The Labute approximate surface area is 179 Å². The first-order valence-electron chi connectivity index (χ1n) is 10.1. The van der Waals surface area contributed by atoms with Crippen molar-refractivity contribution < 1.29 is 18.9 Å². The van der Waals surface area contributed by atoms with Gasteiger partial charge in [0.1, 0.15) is 17.0 Å². The topological polar surface area (TPSA) is 87.0 Å². The normalized spacial score (nSPS) is 16.8. The highest BCUT2D eigenvalue weighted by Crippen LogP contribution is 2.31. The summed E-state index contributed by atoms with van der Waals surface area (Å²) in [4.78, 5) is 42.9. The van der Waals surface area contributed by atoms with E-state index in [0.717, 1.165) is 12.8 Å². The number of aryl methyl sites for hydroxylation is 1. The number of carbonyl (C=O) groups is 3. The van der Waals surface area contributed by atoms with E-state index >= 15 is 0 Å². The second-order valence-electron chi connectivity index (χ2n) is 7.53. The molecule has 0 saturated carbocycles. The quantitative estimate of drug-likeness (QED) is 0.682. The van der Waals surface area contributed by atoms with Crippen LogP contribution in [0.1, 0.15) is 29.0 Å². The number of carbonyl (C=O) groups excluding carboxylic acids is 3. The smallest absolute Gasteiger partial charge is 0.312 e. The van der Waals surface area contributed by atoms with E-state index in [9.17, 15) is 14.4 Å². The Morgan fingerprint density at radius 2 is 1.47 bits per heavy atom. The van der Waals surface area contributed by atoms with E-state index in [-0.39, 0.29) is 5.91 Å². The Morgan fingerprint density at radius 1 is 0.900 bits per heavy atom. The Bertz CT molecular complexity index is 975. The zero-order valence-electron chi connectivity index (χ0n) is 16.8. The average Bonchev–Trinajstić information content (AvgIpc) is 3.43. The van der Waals surface area contributed by atoms with Crippen molar-refractivity contribution in [3.63, 3.8) is 0 Å². The van der Waals surface area contributed by atoms with Crippen LogP contribution in [0.2, 0.25) is 5.02 Å². The van der Waals surface area contributed by atoms with Gasteiger partial charge in [0, 0.05) is 44.8 Å². The van der Waals surface area contributed by atoms with Gasteiger partial charge in [0.15, 0.2) is 0 Å². The number of piperazine rings is 1. The zero-order chi connectivity index (χ0) is 21.3. The van der Waals surface area contributed by atoms with E-state index in [1.165, 1.54) is 4.90 Å². The van der Waals surface area contributed by atoms with E-state index < -0.39 is 11.8 Å². The number of hydrogen-bond acceptors (Lipinski definition) is 5. The predicted octanol–water partition coefficient (Wildman–Crippen LogP) is 2.21. The number of likely N-dealkylation sites (tertiary alicyclic amines) is 1. The van der Waals surface area contributed by atoms with Gasteiger partial charge in [0.05, 0.1) is 5.02 Å². The van der Waals surface area contributed by atoms with Gasteiger partial charge in [0.25, 0.3) is 5.91 Å². The van der Waals surface area contributed by atoms with E-state index in [4.69, 9.17) is 16.1 Å². The van der Waals surface area contributed by atoms with Crippen LogP contribution >= 0.6 is 11.6 Å². The minimum absolute atomic E-state index is 0.221. The first-order valence-corrected chi connectivity index (χ1v) is 10.4. The van der Waals surface area contributed by atoms with Crippen LogP contribution in [0.3, 0.4) is 0 Å². The van der Waals surface area contributed by atoms with Gasteiger partial charge in [-0.25, -0.2) is 0 Å². The molecule has 0 unspecified atom stereocenters. The summed E-state index contributed by atoms with van der Waals surface area (Å²) in [5, 5.41) is 4.53. The summed E-state index contributed by atoms with van der Waals surface area (Å²) in [7, 11) is 0. The molecule has 0 N–H and O–H groups in total. The Morgan fingerprint density at radius 3 is 2.10 bits per heavy atom. The lowest BCUT2D eigenvalue weighted by Gasteiger charge is -2.35. The van der Waals surface area contributed by atoms with Crippen molar-refractivity contribution in [3.05, 3.63) is 40.6 Å². The molecule has 1 aromatic carbocycles. The number of aromatic nitrogens is 1. The molecule has 2 aromatic rings. The Kier molecular flexibility index (Phi) is 5.76. The molecule has 9 heteroatoms. The molecule has 0 aliphatic carbocycles. The monoisotopic (exact) mass is 430 g/mol. The fourth-order valence-corrected chi connectivity index (χ4v) is 4.15. The third-order valence-corrected chi connectivity index (χ3v) is 5.97. The van der Waals surface area contributed by atoms with E-state index in [1.807, 2.05) is 6.07 Å². The third-order valence-electron chi connectivity index (χ3n) is 5.64. The molecule has 0 atom stereocenters. The molecule has 0 spiro atoms. The summed E-state index contributed by atoms with van der Waals surface area (Å²) >= 11 is 6.28. The molecule has 3 heterocycles. The molecule has 1 aromatic heterocycles. The maximum absolute atomic E-state index is 13.2. The van der Waals surface area contributed by atoms with Crippen LogP contribution in [-0.4, -0.2) is 76.8 Å². The molecular formula is C21H23ClN4O4. The number of rotatable bonds is 2. The predicted molar refractivity (Wildman–Crippen MR) is 110 cm³/mol. The van der Waals surface area contributed by atoms with Crippen molar-refractivity contribution in [3.8, 4) is 11.3 Å². The van der Waals surface area contributed by atoms with E-state index in [0.29, 0.717) is 66.9 Å². The van der Waals surface area contributed by atoms with Crippen LogP contribution in [0, 0.1) is 6.92 Å². The van der Waals surface area contributed by atoms with Crippen molar-refractivity contribution >= 4 is 29.3 Å². The largest absolute Gasteiger partial charge is 0.360 e. The number of benzene rings is 1. The molecule has 30 heavy (non-hydrogen) atoms. The van der Waals surface area contributed by atoms with E-state index in [2.05, 4.69) is 5.16 Å². The van der Waals surface area contributed by atoms with Crippen molar-refractivity contribution in [1.29, 1.82) is 0 Å². The molecule has 3 amide bonds. The molecule has 2 saturated heterocycles. The molecule has 4 rings (SSSR count). The van der Waals surface area contributed by atoms with Crippen molar-refractivity contribution in [2.45, 2.75) is 19.8 Å². The second-order valence-corrected chi connectivity index (χ2v) is 7.93. The van der Waals surface area contributed by atoms with Crippen LogP contribution in [0.15, 0.2) is 28.8 Å². The number of halogens is 1.